The van der Waals surface area contributed by atoms with Gasteiger partial charge in [0.1, 0.15) is 18.5 Å². The maximum absolute atomic E-state index is 13.2. The Kier molecular flexibility index (Phi) is 5.43. The number of rotatable bonds is 9. The van der Waals surface area contributed by atoms with E-state index in [1.165, 1.54) is 0 Å². The SMILES string of the molecule is COC(C)OCOCC12CC3C(C)CCC3C3(C=O)CC1C=C(C(C)C)C32C(=O)O. The Labute approximate surface area is 179 Å². The number of carboxylic acids is 1. The fraction of sp³-hybridized carbons (Fsp3) is 0.833. The molecule has 6 nitrogen and oxygen atoms in total. The normalized spacial score (nSPS) is 44.8. The van der Waals surface area contributed by atoms with E-state index < -0.39 is 22.2 Å². The van der Waals surface area contributed by atoms with E-state index in [1.54, 1.807) is 14.0 Å². The molecule has 4 bridgehead atoms. The number of ether oxygens (including phenoxy) is 3. The molecular formula is C24H36O6. The van der Waals surface area contributed by atoms with Crippen molar-refractivity contribution in [3.63, 3.8) is 0 Å². The fourth-order valence-corrected chi connectivity index (χ4v) is 8.07. The lowest BCUT2D eigenvalue weighted by molar-refractivity contribution is -0.208. The minimum Gasteiger partial charge on any atom is -0.481 e. The van der Waals surface area contributed by atoms with Crippen molar-refractivity contribution in [3.8, 4) is 0 Å². The molecule has 0 spiro atoms. The van der Waals surface area contributed by atoms with Crippen LogP contribution in [0, 0.1) is 45.8 Å². The van der Waals surface area contributed by atoms with Gasteiger partial charge in [-0.25, -0.2) is 0 Å². The number of methoxy groups -OCH3 is 1. The van der Waals surface area contributed by atoms with Crippen LogP contribution in [0.3, 0.4) is 0 Å². The third-order valence-electron chi connectivity index (χ3n) is 9.20. The standard InChI is InChI=1S/C24H36O6/c1-14(2)20-8-17-9-22(11-25)19-7-6-15(3)18(19)10-23(17,24(20,22)21(26)27)12-29-13-30-16(4)28-5/h8,11,14-19H,6-7,9-10,12-13H2,1-5H3,(H,26,27). The second-order valence-electron chi connectivity index (χ2n) is 10.4. The molecule has 3 saturated carbocycles. The lowest BCUT2D eigenvalue weighted by Crippen LogP contribution is -2.63. The monoisotopic (exact) mass is 420 g/mol. The first-order valence-corrected chi connectivity index (χ1v) is 11.4. The molecule has 0 saturated heterocycles. The summed E-state index contributed by atoms with van der Waals surface area (Å²) in [6.07, 6.45) is 6.29. The number of hydrogen-bond donors (Lipinski definition) is 1. The number of aliphatic carboxylic acids is 1. The van der Waals surface area contributed by atoms with Crippen molar-refractivity contribution in [3.05, 3.63) is 11.6 Å². The van der Waals surface area contributed by atoms with Crippen molar-refractivity contribution >= 4 is 12.3 Å². The molecule has 8 atom stereocenters. The molecule has 6 heteroatoms. The van der Waals surface area contributed by atoms with E-state index in [9.17, 15) is 14.7 Å². The molecule has 0 aromatic carbocycles. The average molecular weight is 421 g/mol. The van der Waals surface area contributed by atoms with Gasteiger partial charge < -0.3 is 24.1 Å². The molecule has 0 aromatic heterocycles. The van der Waals surface area contributed by atoms with Crippen LogP contribution in [0.15, 0.2) is 11.6 Å². The Morgan fingerprint density at radius 1 is 1.30 bits per heavy atom. The van der Waals surface area contributed by atoms with Gasteiger partial charge >= 0.3 is 5.97 Å². The fourth-order valence-electron chi connectivity index (χ4n) is 8.07. The van der Waals surface area contributed by atoms with Crippen LogP contribution in [0.1, 0.15) is 53.4 Å². The van der Waals surface area contributed by atoms with Gasteiger partial charge in [-0.3, -0.25) is 4.79 Å². The Balaban J connectivity index is 1.79. The summed E-state index contributed by atoms with van der Waals surface area (Å²) in [6.45, 7) is 8.50. The second kappa shape index (κ2) is 7.42. The molecule has 0 amide bonds. The van der Waals surface area contributed by atoms with Crippen LogP contribution < -0.4 is 0 Å². The average Bonchev–Trinajstić information content (AvgIpc) is 3.28. The van der Waals surface area contributed by atoms with E-state index in [2.05, 4.69) is 26.8 Å². The molecule has 168 valence electrons. The first-order chi connectivity index (χ1) is 14.2. The van der Waals surface area contributed by atoms with Gasteiger partial charge in [0.25, 0.3) is 0 Å². The Morgan fingerprint density at radius 2 is 2.03 bits per heavy atom. The van der Waals surface area contributed by atoms with E-state index in [1.807, 2.05) is 0 Å². The van der Waals surface area contributed by atoms with Gasteiger partial charge in [0.2, 0.25) is 0 Å². The lowest BCUT2D eigenvalue weighted by Gasteiger charge is -2.58. The van der Waals surface area contributed by atoms with Crippen molar-refractivity contribution in [1.82, 2.24) is 0 Å². The summed E-state index contributed by atoms with van der Waals surface area (Å²) < 4.78 is 16.6. The number of carboxylic acid groups (broad SMARTS) is 1. The summed E-state index contributed by atoms with van der Waals surface area (Å²) in [6, 6.07) is 0. The predicted molar refractivity (Wildman–Crippen MR) is 110 cm³/mol. The highest BCUT2D eigenvalue weighted by molar-refractivity contribution is 5.90. The molecule has 4 aliphatic rings. The molecule has 0 aliphatic heterocycles. The summed E-state index contributed by atoms with van der Waals surface area (Å²) in [7, 11) is 1.57. The third kappa shape index (κ3) is 2.47. The first-order valence-electron chi connectivity index (χ1n) is 11.4. The largest absolute Gasteiger partial charge is 0.481 e. The molecular weight excluding hydrogens is 384 g/mol. The number of carbonyl (C=O) groups excluding carboxylic acids is 1. The molecule has 4 rings (SSSR count). The zero-order chi connectivity index (χ0) is 21.9. The minimum atomic E-state index is -1.18. The topological polar surface area (TPSA) is 82.1 Å². The minimum absolute atomic E-state index is 0.0495. The molecule has 1 N–H and O–H groups in total. The van der Waals surface area contributed by atoms with Crippen molar-refractivity contribution < 1.29 is 28.9 Å². The molecule has 0 radical (unpaired) electrons. The molecule has 4 aliphatic carbocycles. The predicted octanol–water partition coefficient (Wildman–Crippen LogP) is 3.89. The zero-order valence-corrected chi connectivity index (χ0v) is 18.8. The summed E-state index contributed by atoms with van der Waals surface area (Å²) in [5, 5.41) is 10.8. The van der Waals surface area contributed by atoms with E-state index >= 15 is 0 Å². The lowest BCUT2D eigenvalue weighted by atomic mass is 9.43. The molecule has 3 fully saturated rings. The van der Waals surface area contributed by atoms with Gasteiger partial charge in [-0.1, -0.05) is 38.8 Å². The van der Waals surface area contributed by atoms with Crippen LogP contribution >= 0.6 is 0 Å². The molecule has 30 heavy (non-hydrogen) atoms. The van der Waals surface area contributed by atoms with Crippen molar-refractivity contribution in [2.75, 3.05) is 20.5 Å². The zero-order valence-electron chi connectivity index (χ0n) is 18.8. The Bertz CT molecular complexity index is 746. The summed E-state index contributed by atoms with van der Waals surface area (Å²) in [5.41, 5.74) is -1.68. The van der Waals surface area contributed by atoms with E-state index in [0.717, 1.165) is 31.1 Å². The highest BCUT2D eigenvalue weighted by Gasteiger charge is 2.84. The van der Waals surface area contributed by atoms with E-state index in [4.69, 9.17) is 14.2 Å². The molecule has 0 aromatic rings. The van der Waals surface area contributed by atoms with Crippen LogP contribution in [0.25, 0.3) is 0 Å². The van der Waals surface area contributed by atoms with E-state index in [-0.39, 0.29) is 30.8 Å². The summed E-state index contributed by atoms with van der Waals surface area (Å²) >= 11 is 0. The van der Waals surface area contributed by atoms with Crippen molar-refractivity contribution in [2.45, 2.75) is 59.7 Å². The maximum atomic E-state index is 13.2. The maximum Gasteiger partial charge on any atom is 0.315 e. The van der Waals surface area contributed by atoms with Gasteiger partial charge in [0.05, 0.1) is 12.0 Å². The van der Waals surface area contributed by atoms with Crippen molar-refractivity contribution in [1.29, 1.82) is 0 Å². The van der Waals surface area contributed by atoms with Gasteiger partial charge in [-0.2, -0.15) is 0 Å². The van der Waals surface area contributed by atoms with Crippen LogP contribution in [-0.2, 0) is 23.8 Å². The Morgan fingerprint density at radius 3 is 2.63 bits per heavy atom. The van der Waals surface area contributed by atoms with Gasteiger partial charge in [0, 0.05) is 12.5 Å². The molecule has 0 heterocycles. The quantitative estimate of drug-likeness (QED) is 0.264. The highest BCUT2D eigenvalue weighted by Crippen LogP contribution is 2.82. The van der Waals surface area contributed by atoms with Gasteiger partial charge in [-0.15, -0.1) is 0 Å². The number of carbonyl (C=O) groups is 2. The number of hydrogen-bond acceptors (Lipinski definition) is 5. The summed E-state index contributed by atoms with van der Waals surface area (Å²) in [5.74, 6) is 0.299. The van der Waals surface area contributed by atoms with Gasteiger partial charge in [-0.05, 0) is 55.8 Å². The van der Waals surface area contributed by atoms with Crippen LogP contribution in [-0.4, -0.2) is 44.2 Å². The van der Waals surface area contributed by atoms with Crippen LogP contribution in [0.2, 0.25) is 0 Å². The number of allylic oxidation sites excluding steroid dienone is 1. The highest BCUT2D eigenvalue weighted by atomic mass is 16.7. The second-order valence-corrected chi connectivity index (χ2v) is 10.4. The third-order valence-corrected chi connectivity index (χ3v) is 9.20. The Hall–Kier alpha value is -1.24. The number of fused-ring (bicyclic) bond motifs is 2. The molecule has 8 unspecified atom stereocenters. The summed E-state index contributed by atoms with van der Waals surface area (Å²) in [4.78, 5) is 26.1. The van der Waals surface area contributed by atoms with E-state index in [0.29, 0.717) is 24.9 Å². The van der Waals surface area contributed by atoms with Crippen LogP contribution in [0.5, 0.6) is 0 Å². The smallest absolute Gasteiger partial charge is 0.315 e. The number of aldehydes is 1. The van der Waals surface area contributed by atoms with Gasteiger partial charge in [0.15, 0.2) is 6.29 Å². The van der Waals surface area contributed by atoms with Crippen molar-refractivity contribution in [2.24, 2.45) is 45.8 Å². The van der Waals surface area contributed by atoms with Crippen LogP contribution in [0.4, 0.5) is 0 Å². The first kappa shape index (κ1) is 22.0.